The average molecular weight is 710 g/mol. The van der Waals surface area contributed by atoms with E-state index >= 15 is 0 Å². The maximum absolute atomic E-state index is 2.49. The van der Waals surface area contributed by atoms with Gasteiger partial charge in [0.05, 0.1) is 10.4 Å². The minimum Gasteiger partial charge on any atom is -0.309 e. The topological polar surface area (TPSA) is 3.24 Å². The Morgan fingerprint density at radius 1 is 0.340 bits per heavy atom. The van der Waals surface area contributed by atoms with E-state index in [0.29, 0.717) is 0 Å². The second-order valence-corrected chi connectivity index (χ2v) is 15.8. The molecule has 11 aromatic rings. The van der Waals surface area contributed by atoms with E-state index in [1.807, 2.05) is 22.7 Å². The summed E-state index contributed by atoms with van der Waals surface area (Å²) in [4.78, 5) is 2.49. The van der Waals surface area contributed by atoms with Gasteiger partial charge in [0.2, 0.25) is 0 Å². The van der Waals surface area contributed by atoms with Crippen molar-refractivity contribution in [1.29, 1.82) is 0 Å². The number of rotatable bonds is 5. The summed E-state index contributed by atoms with van der Waals surface area (Å²) in [6.07, 6.45) is 0. The Balaban J connectivity index is 1.22. The van der Waals surface area contributed by atoms with Crippen LogP contribution in [0, 0.1) is 0 Å². The van der Waals surface area contributed by atoms with E-state index in [0.717, 1.165) is 11.4 Å². The first-order valence-electron chi connectivity index (χ1n) is 18.0. The summed E-state index contributed by atoms with van der Waals surface area (Å²) >= 11 is 3.77. The minimum atomic E-state index is 1.13. The summed E-state index contributed by atoms with van der Waals surface area (Å²) in [5.41, 5.74) is 8.39. The molecule has 0 atom stereocenters. The molecular formula is C50H31NS2. The molecule has 0 aliphatic rings. The zero-order valence-electron chi connectivity index (χ0n) is 28.7. The fourth-order valence-corrected chi connectivity index (χ4v) is 10.6. The summed E-state index contributed by atoms with van der Waals surface area (Å²) in [6.45, 7) is 0. The highest BCUT2D eigenvalue weighted by Crippen LogP contribution is 2.50. The highest BCUT2D eigenvalue weighted by Gasteiger charge is 2.23. The zero-order valence-corrected chi connectivity index (χ0v) is 30.3. The molecule has 248 valence electrons. The van der Waals surface area contributed by atoms with Gasteiger partial charge in [0.1, 0.15) is 0 Å². The van der Waals surface area contributed by atoms with Gasteiger partial charge in [-0.2, -0.15) is 0 Å². The lowest BCUT2D eigenvalue weighted by Gasteiger charge is -2.27. The van der Waals surface area contributed by atoms with Crippen molar-refractivity contribution in [2.24, 2.45) is 0 Å². The van der Waals surface area contributed by atoms with Gasteiger partial charge in [-0.15, -0.1) is 22.7 Å². The summed E-state index contributed by atoms with van der Waals surface area (Å²) in [5, 5.41) is 10.3. The fraction of sp³-hybridized carbons (Fsp3) is 0. The van der Waals surface area contributed by atoms with Crippen LogP contribution in [0.2, 0.25) is 0 Å². The monoisotopic (exact) mass is 709 g/mol. The molecule has 0 saturated carbocycles. The quantitative estimate of drug-likeness (QED) is 0.172. The van der Waals surface area contributed by atoms with Crippen LogP contribution >= 0.6 is 22.7 Å². The lowest BCUT2D eigenvalue weighted by molar-refractivity contribution is 1.31. The van der Waals surface area contributed by atoms with E-state index in [2.05, 4.69) is 193 Å². The first kappa shape index (κ1) is 30.4. The van der Waals surface area contributed by atoms with Crippen LogP contribution in [0.4, 0.5) is 17.1 Å². The molecule has 53 heavy (non-hydrogen) atoms. The molecule has 1 nitrogen and oxygen atoms in total. The molecule has 3 heteroatoms. The van der Waals surface area contributed by atoms with Crippen molar-refractivity contribution in [2.45, 2.75) is 0 Å². The van der Waals surface area contributed by atoms with E-state index in [-0.39, 0.29) is 0 Å². The number of benzene rings is 9. The number of hydrogen-bond donors (Lipinski definition) is 0. The third kappa shape index (κ3) is 4.89. The maximum atomic E-state index is 2.49. The van der Waals surface area contributed by atoms with E-state index in [9.17, 15) is 0 Å². The highest BCUT2D eigenvalue weighted by molar-refractivity contribution is 7.26. The van der Waals surface area contributed by atoms with Crippen molar-refractivity contribution in [3.05, 3.63) is 188 Å². The van der Waals surface area contributed by atoms with E-state index < -0.39 is 0 Å². The van der Waals surface area contributed by atoms with Crippen molar-refractivity contribution in [2.75, 3.05) is 4.90 Å². The molecule has 0 bridgehead atoms. The van der Waals surface area contributed by atoms with Crippen molar-refractivity contribution >= 4 is 102 Å². The van der Waals surface area contributed by atoms with Gasteiger partial charge >= 0.3 is 0 Å². The first-order chi connectivity index (χ1) is 26.3. The normalized spacial score (nSPS) is 11.8. The van der Waals surface area contributed by atoms with Crippen LogP contribution in [-0.2, 0) is 0 Å². The van der Waals surface area contributed by atoms with Gasteiger partial charge in [-0.05, 0) is 92.3 Å². The van der Waals surface area contributed by atoms with Crippen LogP contribution in [0.3, 0.4) is 0 Å². The third-order valence-corrected chi connectivity index (χ3v) is 13.0. The molecule has 0 fully saturated rings. The molecule has 0 radical (unpaired) electrons. The smallest absolute Gasteiger partial charge is 0.0640 e. The Morgan fingerprint density at radius 2 is 1.00 bits per heavy atom. The molecule has 2 heterocycles. The molecule has 2 aromatic heterocycles. The van der Waals surface area contributed by atoms with Gasteiger partial charge in [-0.3, -0.25) is 0 Å². The zero-order chi connectivity index (χ0) is 34.9. The van der Waals surface area contributed by atoms with E-state index in [1.54, 1.807) is 0 Å². The predicted molar refractivity (Wildman–Crippen MR) is 233 cm³/mol. The predicted octanol–water partition coefficient (Wildman–Crippen LogP) is 15.5. The third-order valence-electron chi connectivity index (χ3n) is 10.6. The van der Waals surface area contributed by atoms with Gasteiger partial charge in [-0.25, -0.2) is 0 Å². The van der Waals surface area contributed by atoms with Crippen LogP contribution in [0.25, 0.3) is 84.1 Å². The maximum Gasteiger partial charge on any atom is 0.0640 e. The van der Waals surface area contributed by atoms with Gasteiger partial charge in [0.15, 0.2) is 0 Å². The highest BCUT2D eigenvalue weighted by atomic mass is 32.1. The Bertz CT molecular complexity index is 3180. The summed E-state index contributed by atoms with van der Waals surface area (Å²) in [5.74, 6) is 0. The first-order valence-corrected chi connectivity index (χ1v) is 19.6. The Labute approximate surface area is 315 Å². The number of thiophene rings is 2. The minimum absolute atomic E-state index is 1.13. The van der Waals surface area contributed by atoms with Crippen molar-refractivity contribution in [3.8, 4) is 22.3 Å². The SMILES string of the molecule is c1ccc(-c2cccc(N(c3ccc4sc5ccc6ccccc6c5c4c3)c3ccc(-c4cccc5ccccc45)c4c3sc3ccccc34)c2)cc1. The molecule has 0 amide bonds. The molecule has 9 aromatic carbocycles. The molecule has 0 aliphatic heterocycles. The molecule has 0 aliphatic carbocycles. The average Bonchev–Trinajstić information content (AvgIpc) is 3.81. The second kappa shape index (κ2) is 12.2. The Morgan fingerprint density at radius 3 is 1.89 bits per heavy atom. The molecule has 0 spiro atoms. The van der Waals surface area contributed by atoms with Crippen molar-refractivity contribution < 1.29 is 0 Å². The summed E-state index contributed by atoms with van der Waals surface area (Å²) < 4.78 is 5.19. The molecule has 11 rings (SSSR count). The standard InChI is InChI=1S/C50H31NS2/c1-2-12-32(13-3-1)35-17-10-18-36(30-35)51(37-25-29-46-43(31-37)48-39-20-7-5-15-34(39)24-28-47(48)52-46)44-27-26-41(40-22-11-16-33-14-4-6-19-38(33)40)49-42-21-8-9-23-45(42)53-50(44)49/h1-31H. The van der Waals surface area contributed by atoms with Gasteiger partial charge < -0.3 is 4.90 Å². The molecule has 0 unspecified atom stereocenters. The molecule has 0 N–H and O–H groups in total. The molecular weight excluding hydrogens is 679 g/mol. The number of fused-ring (bicyclic) bond motifs is 9. The van der Waals surface area contributed by atoms with E-state index in [1.165, 1.54) is 89.8 Å². The van der Waals surface area contributed by atoms with Crippen LogP contribution < -0.4 is 4.90 Å². The van der Waals surface area contributed by atoms with E-state index in [4.69, 9.17) is 0 Å². The van der Waals surface area contributed by atoms with Crippen LogP contribution in [0.1, 0.15) is 0 Å². The fourth-order valence-electron chi connectivity index (χ4n) is 8.23. The van der Waals surface area contributed by atoms with Crippen LogP contribution in [0.15, 0.2) is 188 Å². The van der Waals surface area contributed by atoms with Gasteiger partial charge in [0.25, 0.3) is 0 Å². The summed E-state index contributed by atoms with van der Waals surface area (Å²) in [7, 11) is 0. The second-order valence-electron chi connectivity index (χ2n) is 13.7. The molecule has 0 saturated heterocycles. The summed E-state index contributed by atoms with van der Waals surface area (Å²) in [6, 6.07) is 69.2. The Hall–Kier alpha value is -6.26. The largest absolute Gasteiger partial charge is 0.309 e. The Kier molecular flexibility index (Phi) is 6.97. The van der Waals surface area contributed by atoms with Crippen molar-refractivity contribution in [3.63, 3.8) is 0 Å². The van der Waals surface area contributed by atoms with Crippen LogP contribution in [0.5, 0.6) is 0 Å². The number of nitrogens with zero attached hydrogens (tertiary/aromatic N) is 1. The van der Waals surface area contributed by atoms with Crippen molar-refractivity contribution in [1.82, 2.24) is 0 Å². The number of hydrogen-bond acceptors (Lipinski definition) is 3. The van der Waals surface area contributed by atoms with Crippen LogP contribution in [-0.4, -0.2) is 0 Å². The van der Waals surface area contributed by atoms with Gasteiger partial charge in [-0.1, -0.05) is 140 Å². The van der Waals surface area contributed by atoms with Gasteiger partial charge in [0, 0.05) is 47.0 Å². The lowest BCUT2D eigenvalue weighted by Crippen LogP contribution is -2.10. The number of anilines is 3. The lowest BCUT2D eigenvalue weighted by atomic mass is 9.94.